The Bertz CT molecular complexity index is 724. The predicted molar refractivity (Wildman–Crippen MR) is 98.0 cm³/mol. The third kappa shape index (κ3) is 5.39. The van der Waals surface area contributed by atoms with Crippen LogP contribution in [0.2, 0.25) is 5.02 Å². The van der Waals surface area contributed by atoms with Crippen LogP contribution < -0.4 is 10.1 Å². The number of anilines is 1. The van der Waals surface area contributed by atoms with Gasteiger partial charge in [0.1, 0.15) is 5.75 Å². The highest BCUT2D eigenvalue weighted by atomic mass is 35.5. The number of nitrogens with one attached hydrogen (secondary N) is 1. The average molecular weight is 348 g/mol. The molecule has 2 aromatic rings. The van der Waals surface area contributed by atoms with Crippen LogP contribution in [0.4, 0.5) is 5.69 Å². The van der Waals surface area contributed by atoms with Gasteiger partial charge in [-0.3, -0.25) is 9.59 Å². The third-order valence-corrected chi connectivity index (χ3v) is 3.26. The fourth-order valence-electron chi connectivity index (χ4n) is 2.13. The number of benzene rings is 2. The quantitative estimate of drug-likeness (QED) is 0.616. The molecule has 2 rings (SSSR count). The molecule has 0 aliphatic carbocycles. The molecule has 0 saturated heterocycles. The standard InChI is InChI=1S/C17H16ClNO3.C2H6/c1-10-8-11(2)16(22-12(3)20)15(9-10)17(21)19-14-6-4-13(18)5-7-14;1-2/h4-9H,1-3H3,(H,19,21);1-2H3. The maximum absolute atomic E-state index is 12.5. The summed E-state index contributed by atoms with van der Waals surface area (Å²) in [6.07, 6.45) is 0. The molecule has 0 atom stereocenters. The van der Waals surface area contributed by atoms with E-state index in [1.165, 1.54) is 6.92 Å². The molecule has 0 saturated carbocycles. The maximum Gasteiger partial charge on any atom is 0.308 e. The molecular formula is C19H22ClNO3. The Morgan fingerprint density at radius 3 is 2.17 bits per heavy atom. The number of aryl methyl sites for hydroxylation is 2. The van der Waals surface area contributed by atoms with Gasteiger partial charge in [-0.05, 0) is 55.3 Å². The molecule has 4 nitrogen and oxygen atoms in total. The second-order valence-corrected chi connectivity index (χ2v) is 5.45. The molecule has 1 N–H and O–H groups in total. The zero-order valence-corrected chi connectivity index (χ0v) is 15.3. The molecule has 0 spiro atoms. The van der Waals surface area contributed by atoms with Gasteiger partial charge in [0.15, 0.2) is 0 Å². The van der Waals surface area contributed by atoms with Crippen molar-refractivity contribution < 1.29 is 14.3 Å². The Morgan fingerprint density at radius 2 is 1.62 bits per heavy atom. The molecule has 128 valence electrons. The first-order valence-electron chi connectivity index (χ1n) is 7.73. The van der Waals surface area contributed by atoms with Crippen molar-refractivity contribution in [2.75, 3.05) is 5.32 Å². The molecule has 0 aliphatic rings. The lowest BCUT2D eigenvalue weighted by Crippen LogP contribution is -2.16. The molecule has 0 aliphatic heterocycles. The molecule has 24 heavy (non-hydrogen) atoms. The van der Waals surface area contributed by atoms with Gasteiger partial charge in [-0.1, -0.05) is 31.5 Å². The van der Waals surface area contributed by atoms with Gasteiger partial charge in [0, 0.05) is 17.6 Å². The highest BCUT2D eigenvalue weighted by Crippen LogP contribution is 2.27. The lowest BCUT2D eigenvalue weighted by molar-refractivity contribution is -0.131. The van der Waals surface area contributed by atoms with Gasteiger partial charge in [0.05, 0.1) is 5.56 Å². The van der Waals surface area contributed by atoms with Gasteiger partial charge in [0.25, 0.3) is 5.91 Å². The summed E-state index contributed by atoms with van der Waals surface area (Å²) in [7, 11) is 0. The Morgan fingerprint density at radius 1 is 1.04 bits per heavy atom. The maximum atomic E-state index is 12.5. The van der Waals surface area contributed by atoms with Crippen molar-refractivity contribution >= 4 is 29.2 Å². The first-order valence-corrected chi connectivity index (χ1v) is 8.11. The number of hydrogen-bond donors (Lipinski definition) is 1. The summed E-state index contributed by atoms with van der Waals surface area (Å²) in [4.78, 5) is 23.7. The smallest absolute Gasteiger partial charge is 0.308 e. The largest absolute Gasteiger partial charge is 0.426 e. The number of carbonyl (C=O) groups is 2. The first-order chi connectivity index (χ1) is 11.4. The fraction of sp³-hybridized carbons (Fsp3) is 0.263. The summed E-state index contributed by atoms with van der Waals surface area (Å²) in [6.45, 7) is 8.98. The van der Waals surface area contributed by atoms with Crippen molar-refractivity contribution in [3.05, 3.63) is 58.1 Å². The predicted octanol–water partition coefficient (Wildman–Crippen LogP) is 5.16. The zero-order chi connectivity index (χ0) is 18.3. The van der Waals surface area contributed by atoms with Crippen LogP contribution in [0.25, 0.3) is 0 Å². The molecule has 0 fully saturated rings. The molecule has 1 amide bonds. The van der Waals surface area contributed by atoms with E-state index in [1.807, 2.05) is 26.8 Å². The van der Waals surface area contributed by atoms with Crippen LogP contribution in [0.5, 0.6) is 5.75 Å². The molecule has 0 radical (unpaired) electrons. The summed E-state index contributed by atoms with van der Waals surface area (Å²) in [6, 6.07) is 10.3. The van der Waals surface area contributed by atoms with Crippen molar-refractivity contribution in [1.29, 1.82) is 0 Å². The molecule has 0 aromatic heterocycles. The molecule has 0 bridgehead atoms. The van der Waals surface area contributed by atoms with E-state index >= 15 is 0 Å². The van der Waals surface area contributed by atoms with Crippen LogP contribution in [0, 0.1) is 13.8 Å². The van der Waals surface area contributed by atoms with Crippen molar-refractivity contribution in [1.82, 2.24) is 0 Å². The van der Waals surface area contributed by atoms with Gasteiger partial charge in [-0.15, -0.1) is 0 Å². The summed E-state index contributed by atoms with van der Waals surface area (Å²) < 4.78 is 5.19. The van der Waals surface area contributed by atoms with Crippen molar-refractivity contribution in [2.45, 2.75) is 34.6 Å². The van der Waals surface area contributed by atoms with E-state index in [0.29, 0.717) is 16.3 Å². The van der Waals surface area contributed by atoms with Gasteiger partial charge in [-0.2, -0.15) is 0 Å². The van der Waals surface area contributed by atoms with Gasteiger partial charge >= 0.3 is 5.97 Å². The third-order valence-electron chi connectivity index (χ3n) is 3.01. The van der Waals surface area contributed by atoms with Crippen molar-refractivity contribution in [2.24, 2.45) is 0 Å². The monoisotopic (exact) mass is 347 g/mol. The van der Waals surface area contributed by atoms with E-state index < -0.39 is 5.97 Å². The van der Waals surface area contributed by atoms with E-state index in [9.17, 15) is 9.59 Å². The minimum absolute atomic E-state index is 0.282. The number of hydrogen-bond acceptors (Lipinski definition) is 3. The molecule has 0 heterocycles. The number of carbonyl (C=O) groups excluding carboxylic acids is 2. The van der Waals surface area contributed by atoms with Crippen LogP contribution in [-0.4, -0.2) is 11.9 Å². The van der Waals surface area contributed by atoms with Crippen LogP contribution in [0.3, 0.4) is 0 Å². The topological polar surface area (TPSA) is 55.4 Å². The average Bonchev–Trinajstić information content (AvgIpc) is 2.53. The SMILES string of the molecule is CC.CC(=O)Oc1c(C)cc(C)cc1C(=O)Nc1ccc(Cl)cc1. The number of amides is 1. The van der Waals surface area contributed by atoms with Crippen molar-refractivity contribution in [3.8, 4) is 5.75 Å². The minimum atomic E-state index is -0.465. The molecule has 2 aromatic carbocycles. The van der Waals surface area contributed by atoms with E-state index in [1.54, 1.807) is 37.3 Å². The van der Waals surface area contributed by atoms with Crippen LogP contribution >= 0.6 is 11.6 Å². The Hall–Kier alpha value is -2.33. The number of rotatable bonds is 3. The van der Waals surface area contributed by atoms with E-state index in [-0.39, 0.29) is 11.7 Å². The lowest BCUT2D eigenvalue weighted by atomic mass is 10.0. The van der Waals surface area contributed by atoms with Crippen LogP contribution in [0.1, 0.15) is 42.3 Å². The summed E-state index contributed by atoms with van der Waals surface area (Å²) in [5.41, 5.74) is 2.58. The first kappa shape index (κ1) is 19.7. The van der Waals surface area contributed by atoms with Crippen LogP contribution in [-0.2, 0) is 4.79 Å². The molecule has 5 heteroatoms. The van der Waals surface area contributed by atoms with E-state index in [4.69, 9.17) is 16.3 Å². The second kappa shape index (κ2) is 9.08. The normalized spacial score (nSPS) is 9.58. The van der Waals surface area contributed by atoms with Crippen molar-refractivity contribution in [3.63, 3.8) is 0 Å². The van der Waals surface area contributed by atoms with E-state index in [0.717, 1.165) is 11.1 Å². The number of ether oxygens (including phenoxy) is 1. The Balaban J connectivity index is 0.00000139. The Labute approximate surface area is 147 Å². The van der Waals surface area contributed by atoms with Gasteiger partial charge < -0.3 is 10.1 Å². The zero-order valence-electron chi connectivity index (χ0n) is 14.6. The summed E-state index contributed by atoms with van der Waals surface area (Å²) in [5, 5.41) is 3.35. The van der Waals surface area contributed by atoms with E-state index in [2.05, 4.69) is 5.32 Å². The highest BCUT2D eigenvalue weighted by molar-refractivity contribution is 6.30. The molecular weight excluding hydrogens is 326 g/mol. The second-order valence-electron chi connectivity index (χ2n) is 5.01. The summed E-state index contributed by atoms with van der Waals surface area (Å²) >= 11 is 5.82. The lowest BCUT2D eigenvalue weighted by Gasteiger charge is -2.13. The number of halogens is 1. The summed E-state index contributed by atoms with van der Waals surface area (Å²) in [5.74, 6) is -0.526. The minimum Gasteiger partial charge on any atom is -0.426 e. The van der Waals surface area contributed by atoms with Crippen LogP contribution in [0.15, 0.2) is 36.4 Å². The van der Waals surface area contributed by atoms with Gasteiger partial charge in [0.2, 0.25) is 0 Å². The Kier molecular flexibility index (Phi) is 7.46. The number of esters is 1. The van der Waals surface area contributed by atoms with Gasteiger partial charge in [-0.25, -0.2) is 0 Å². The highest BCUT2D eigenvalue weighted by Gasteiger charge is 2.17. The fourth-order valence-corrected chi connectivity index (χ4v) is 2.26. The molecule has 0 unspecified atom stereocenters.